The number of rotatable bonds is 53. The van der Waals surface area contributed by atoms with E-state index in [9.17, 15) is 19.0 Å². The molecule has 0 aliphatic rings. The lowest BCUT2D eigenvalue weighted by atomic mass is 10.0. The molecular weight excluding hydrogens is 918 g/mol. The molecule has 0 aromatic carbocycles. The van der Waals surface area contributed by atoms with E-state index in [1.54, 1.807) is 0 Å². The number of nitrogens with zero attached hydrogens (tertiary/aromatic N) is 1. The normalized spacial score (nSPS) is 13.9. The Kier molecular flexibility index (Phi) is 51.0. The summed E-state index contributed by atoms with van der Waals surface area (Å²) in [6.45, 7) is 4.02. The maximum Gasteiger partial charge on any atom is 0.306 e. The number of likely N-dealkylation sites (N-methyl/N-ethyl adjacent to an activating group) is 1. The van der Waals surface area contributed by atoms with E-state index < -0.39 is 32.5 Å². The molecule has 0 saturated carbocycles. The van der Waals surface area contributed by atoms with Crippen LogP contribution in [0.2, 0.25) is 0 Å². The van der Waals surface area contributed by atoms with Crippen molar-refractivity contribution in [2.75, 3.05) is 47.5 Å². The molecule has 0 fully saturated rings. The highest BCUT2D eigenvalue weighted by Gasteiger charge is 2.22. The summed E-state index contributed by atoms with van der Waals surface area (Å²) in [5.74, 6) is -0.842. The minimum absolute atomic E-state index is 0.0347. The number of ether oxygens (including phenoxy) is 2. The topological polar surface area (TPSA) is 111 Å². The summed E-state index contributed by atoms with van der Waals surface area (Å²) in [7, 11) is 1.16. The fourth-order valence-corrected chi connectivity index (χ4v) is 8.69. The van der Waals surface area contributed by atoms with Gasteiger partial charge in [-0.05, 0) is 83.5 Å². The largest absolute Gasteiger partial charge is 0.756 e. The van der Waals surface area contributed by atoms with Gasteiger partial charge in [0.25, 0.3) is 7.82 Å². The quantitative estimate of drug-likeness (QED) is 0.0195. The molecule has 0 saturated heterocycles. The van der Waals surface area contributed by atoms with Crippen LogP contribution in [0.15, 0.2) is 85.1 Å². The number of allylic oxidation sites excluding steroid dienone is 14. The smallest absolute Gasteiger partial charge is 0.306 e. The Labute approximate surface area is 443 Å². The molecule has 0 radical (unpaired) electrons. The van der Waals surface area contributed by atoms with E-state index in [1.165, 1.54) is 116 Å². The molecule has 9 nitrogen and oxygen atoms in total. The van der Waals surface area contributed by atoms with Gasteiger partial charge in [0.2, 0.25) is 0 Å². The van der Waals surface area contributed by atoms with Gasteiger partial charge in [0.15, 0.2) is 6.10 Å². The van der Waals surface area contributed by atoms with Crippen LogP contribution in [0.5, 0.6) is 0 Å². The molecule has 2 unspecified atom stereocenters. The van der Waals surface area contributed by atoms with Crippen molar-refractivity contribution in [1.82, 2.24) is 0 Å². The minimum Gasteiger partial charge on any atom is -0.756 e. The van der Waals surface area contributed by atoms with Gasteiger partial charge in [0.05, 0.1) is 27.7 Å². The second kappa shape index (κ2) is 53.0. The van der Waals surface area contributed by atoms with E-state index in [0.717, 1.165) is 96.3 Å². The predicted octanol–water partition coefficient (Wildman–Crippen LogP) is 17.6. The molecule has 2 atom stereocenters. The van der Waals surface area contributed by atoms with Crippen molar-refractivity contribution < 1.29 is 42.1 Å². The number of hydrogen-bond donors (Lipinski definition) is 0. The van der Waals surface area contributed by atoms with E-state index >= 15 is 0 Å². The number of carbonyl (C=O) groups excluding carboxylic acids is 2. The molecule has 0 aromatic rings. The first-order valence-corrected chi connectivity index (χ1v) is 30.8. The van der Waals surface area contributed by atoms with Gasteiger partial charge < -0.3 is 27.9 Å². The van der Waals surface area contributed by atoms with Crippen molar-refractivity contribution in [1.29, 1.82) is 0 Å². The molecule has 0 aromatic heterocycles. The second-order valence-corrected chi connectivity index (χ2v) is 22.0. The standard InChI is InChI=1S/C62H110NO8P/c1-6-8-10-12-14-16-18-20-22-24-25-26-27-28-29-30-31-32-33-34-35-36-37-39-41-43-45-47-49-51-53-55-62(65)71-60(59-70-72(66,67)69-57-56-63(3,4)5)58-68-61(64)54-52-50-48-46-44-42-40-38-23-21-19-17-15-13-11-9-7-2/h8-11,14-17,20-23,25-26,60H,6-7,12-13,18-19,24,27-59H2,1-5H3/b10-8-,11-9-,16-14-,17-15-,22-20-,23-21-,26-25-. The number of hydrogen-bond acceptors (Lipinski definition) is 8. The van der Waals surface area contributed by atoms with E-state index in [0.29, 0.717) is 17.4 Å². The Hall–Kier alpha value is -2.81. The molecule has 0 N–H and O–H groups in total. The third-order valence-electron chi connectivity index (χ3n) is 12.4. The number of phosphoric ester groups is 1. The summed E-state index contributed by atoms with van der Waals surface area (Å²) in [4.78, 5) is 37.8. The van der Waals surface area contributed by atoms with Crippen LogP contribution in [0, 0.1) is 0 Å². The first kappa shape index (κ1) is 69.2. The van der Waals surface area contributed by atoms with Gasteiger partial charge in [0.1, 0.15) is 19.8 Å². The maximum atomic E-state index is 12.8. The lowest BCUT2D eigenvalue weighted by Crippen LogP contribution is -2.37. The summed E-state index contributed by atoms with van der Waals surface area (Å²) in [6, 6.07) is 0. The Bertz CT molecular complexity index is 1490. The van der Waals surface area contributed by atoms with Crippen LogP contribution >= 0.6 is 7.82 Å². The van der Waals surface area contributed by atoms with Crippen LogP contribution in [0.3, 0.4) is 0 Å². The number of phosphoric acid groups is 1. The molecule has 10 heteroatoms. The van der Waals surface area contributed by atoms with Crippen LogP contribution in [0.1, 0.15) is 245 Å². The summed E-state index contributed by atoms with van der Waals surface area (Å²) in [5.41, 5.74) is 0. The van der Waals surface area contributed by atoms with Crippen LogP contribution in [0.25, 0.3) is 0 Å². The van der Waals surface area contributed by atoms with Gasteiger partial charge in [-0.15, -0.1) is 0 Å². The summed E-state index contributed by atoms with van der Waals surface area (Å²) in [6.07, 6.45) is 70.6. The molecule has 0 amide bonds. The first-order chi connectivity index (χ1) is 35.0. The zero-order valence-electron chi connectivity index (χ0n) is 47.1. The molecule has 72 heavy (non-hydrogen) atoms. The third-order valence-corrected chi connectivity index (χ3v) is 13.4. The number of unbranched alkanes of at least 4 members (excludes halogenated alkanes) is 25. The first-order valence-electron chi connectivity index (χ1n) is 29.3. The molecule has 0 rings (SSSR count). The van der Waals surface area contributed by atoms with E-state index in [-0.39, 0.29) is 26.1 Å². The Morgan fingerprint density at radius 2 is 0.750 bits per heavy atom. The average Bonchev–Trinajstić information content (AvgIpc) is 3.34. The zero-order valence-corrected chi connectivity index (χ0v) is 48.0. The molecule has 0 bridgehead atoms. The number of esters is 2. The minimum atomic E-state index is -4.64. The fraction of sp³-hybridized carbons (Fsp3) is 0.742. The van der Waals surface area contributed by atoms with Gasteiger partial charge in [-0.25, -0.2) is 0 Å². The predicted molar refractivity (Wildman–Crippen MR) is 305 cm³/mol. The zero-order chi connectivity index (χ0) is 52.7. The highest BCUT2D eigenvalue weighted by molar-refractivity contribution is 7.45. The van der Waals surface area contributed by atoms with Gasteiger partial charge in [0, 0.05) is 12.8 Å². The van der Waals surface area contributed by atoms with Crippen molar-refractivity contribution in [2.45, 2.75) is 251 Å². The van der Waals surface area contributed by atoms with Crippen molar-refractivity contribution >= 4 is 19.8 Å². The molecule has 0 spiro atoms. The lowest BCUT2D eigenvalue weighted by molar-refractivity contribution is -0.870. The van der Waals surface area contributed by atoms with E-state index in [2.05, 4.69) is 98.9 Å². The van der Waals surface area contributed by atoms with Crippen molar-refractivity contribution in [3.05, 3.63) is 85.1 Å². The van der Waals surface area contributed by atoms with Gasteiger partial charge in [-0.3, -0.25) is 14.2 Å². The van der Waals surface area contributed by atoms with Crippen LogP contribution in [0.4, 0.5) is 0 Å². The monoisotopic (exact) mass is 1030 g/mol. The van der Waals surface area contributed by atoms with Gasteiger partial charge in [-0.2, -0.15) is 0 Å². The average molecular weight is 1030 g/mol. The lowest BCUT2D eigenvalue weighted by Gasteiger charge is -2.28. The number of carbonyl (C=O) groups is 2. The Morgan fingerprint density at radius 3 is 1.11 bits per heavy atom. The van der Waals surface area contributed by atoms with Crippen molar-refractivity contribution in [2.24, 2.45) is 0 Å². The van der Waals surface area contributed by atoms with Crippen molar-refractivity contribution in [3.8, 4) is 0 Å². The summed E-state index contributed by atoms with van der Waals surface area (Å²) >= 11 is 0. The third kappa shape index (κ3) is 56.5. The molecular formula is C62H110NO8P. The molecule has 0 aliphatic carbocycles. The number of quaternary nitrogens is 1. The van der Waals surface area contributed by atoms with Gasteiger partial charge in [-0.1, -0.05) is 234 Å². The second-order valence-electron chi connectivity index (χ2n) is 20.6. The molecule has 0 heterocycles. The van der Waals surface area contributed by atoms with E-state index in [4.69, 9.17) is 18.5 Å². The van der Waals surface area contributed by atoms with Crippen LogP contribution in [-0.4, -0.2) is 70.0 Å². The van der Waals surface area contributed by atoms with E-state index in [1.807, 2.05) is 21.1 Å². The molecule has 416 valence electrons. The summed E-state index contributed by atoms with van der Waals surface area (Å²) in [5, 5.41) is 0. The summed E-state index contributed by atoms with van der Waals surface area (Å²) < 4.78 is 34.1. The Morgan fingerprint density at radius 1 is 0.431 bits per heavy atom. The molecule has 0 aliphatic heterocycles. The highest BCUT2D eigenvalue weighted by Crippen LogP contribution is 2.38. The maximum absolute atomic E-state index is 12.8. The fourth-order valence-electron chi connectivity index (χ4n) is 7.96. The van der Waals surface area contributed by atoms with Crippen molar-refractivity contribution in [3.63, 3.8) is 0 Å². The van der Waals surface area contributed by atoms with Crippen LogP contribution in [-0.2, 0) is 32.7 Å². The highest BCUT2D eigenvalue weighted by atomic mass is 31.2. The SMILES string of the molecule is CC/C=C\C/C=C\C/C=C\C/C=C\CCCCCCCCCCCCCCCCCCCCC(=O)OC(COC(=O)CCCCCCCCC/C=C\C/C=C\C/C=C\CC)COP(=O)([O-])OCC[N+](C)(C)C. The van der Waals surface area contributed by atoms with Crippen LogP contribution < -0.4 is 4.89 Å². The Balaban J connectivity index is 4.09. The van der Waals surface area contributed by atoms with Gasteiger partial charge >= 0.3 is 11.9 Å².